The zero-order chi connectivity index (χ0) is 20.1. The monoisotopic (exact) mass is 459 g/mol. The van der Waals surface area contributed by atoms with E-state index in [1.165, 1.54) is 0 Å². The molecule has 3 aromatic rings. The maximum atomic E-state index is 6.07. The lowest BCUT2D eigenvalue weighted by Gasteiger charge is -2.17. The molecule has 0 aliphatic carbocycles. The van der Waals surface area contributed by atoms with Crippen LogP contribution in [0, 0.1) is 0 Å². The molecule has 0 atom stereocenters. The van der Waals surface area contributed by atoms with Crippen LogP contribution < -0.4 is 4.74 Å². The summed E-state index contributed by atoms with van der Waals surface area (Å²) >= 11 is 3.65. The van der Waals surface area contributed by atoms with Crippen LogP contribution >= 0.6 is 15.9 Å². The number of halogens is 1. The molecule has 2 heterocycles. The van der Waals surface area contributed by atoms with E-state index in [2.05, 4.69) is 45.1 Å². The zero-order valence-corrected chi connectivity index (χ0v) is 19.4. The number of hydrogen-bond donors (Lipinski definition) is 0. The van der Waals surface area contributed by atoms with Crippen LogP contribution in [-0.2, 0) is 11.5 Å². The van der Waals surface area contributed by atoms with Gasteiger partial charge in [-0.1, -0.05) is 19.6 Å². The summed E-state index contributed by atoms with van der Waals surface area (Å²) in [5.41, 5.74) is 3.04. The number of hydrogen-bond acceptors (Lipinski definition) is 4. The van der Waals surface area contributed by atoms with Crippen LogP contribution in [-0.4, -0.2) is 36.3 Å². The van der Waals surface area contributed by atoms with Gasteiger partial charge in [0.25, 0.3) is 0 Å². The summed E-state index contributed by atoms with van der Waals surface area (Å²) in [6.45, 7) is 8.27. The first kappa shape index (κ1) is 20.8. The van der Waals surface area contributed by atoms with Crippen molar-refractivity contribution < 1.29 is 9.47 Å². The van der Waals surface area contributed by atoms with Crippen LogP contribution in [0.3, 0.4) is 0 Å². The van der Waals surface area contributed by atoms with Gasteiger partial charge in [0.05, 0.1) is 12.8 Å². The summed E-state index contributed by atoms with van der Waals surface area (Å²) in [7, 11) is 0.530. The Bertz CT molecular complexity index is 906. The lowest BCUT2D eigenvalue weighted by molar-refractivity contribution is 0.0893. The Morgan fingerprint density at radius 1 is 1.00 bits per heavy atom. The van der Waals surface area contributed by atoms with E-state index in [1.54, 1.807) is 19.5 Å². The highest BCUT2D eigenvalue weighted by Crippen LogP contribution is 2.33. The normalized spacial score (nSPS) is 11.6. The van der Waals surface area contributed by atoms with E-state index in [4.69, 9.17) is 14.5 Å². The van der Waals surface area contributed by atoms with Crippen molar-refractivity contribution in [1.29, 1.82) is 0 Å². The Labute approximate surface area is 175 Å². The summed E-state index contributed by atoms with van der Waals surface area (Å²) in [6.07, 6.45) is 3.58. The predicted octanol–water partition coefficient (Wildman–Crippen LogP) is 5.70. The van der Waals surface area contributed by atoms with Crippen LogP contribution in [0.15, 0.2) is 53.4 Å². The molecule has 28 heavy (non-hydrogen) atoms. The standard InChI is InChI=1S/C21H26BrN3O2Si/c1-26-18-7-5-17(6-8-18)21-24-20(22)19(16-9-11-23-12-10-16)25(21)15-27-13-14-28(2,3)4/h5-12H,13-15H2,1-4H3. The molecule has 1 aromatic carbocycles. The number of ether oxygens (including phenoxy) is 2. The van der Waals surface area contributed by atoms with Crippen LogP contribution in [0.2, 0.25) is 25.7 Å². The summed E-state index contributed by atoms with van der Waals surface area (Å²) in [6, 6.07) is 13.0. The summed E-state index contributed by atoms with van der Waals surface area (Å²) in [5, 5.41) is 0. The maximum absolute atomic E-state index is 6.07. The molecule has 148 valence electrons. The van der Waals surface area contributed by atoms with E-state index >= 15 is 0 Å². The molecule has 0 saturated carbocycles. The van der Waals surface area contributed by atoms with Crippen LogP contribution in [0.4, 0.5) is 0 Å². The lowest BCUT2D eigenvalue weighted by Crippen LogP contribution is -2.22. The number of aromatic nitrogens is 3. The van der Waals surface area contributed by atoms with Crippen LogP contribution in [0.5, 0.6) is 5.75 Å². The van der Waals surface area contributed by atoms with Crippen LogP contribution in [0.1, 0.15) is 0 Å². The smallest absolute Gasteiger partial charge is 0.143 e. The van der Waals surface area contributed by atoms with Crippen molar-refractivity contribution in [3.05, 3.63) is 53.4 Å². The molecule has 0 aliphatic heterocycles. The second-order valence-corrected chi connectivity index (χ2v) is 14.2. The number of benzene rings is 1. The molecular weight excluding hydrogens is 434 g/mol. The molecule has 7 heteroatoms. The van der Waals surface area contributed by atoms with Gasteiger partial charge in [-0.15, -0.1) is 0 Å². The van der Waals surface area contributed by atoms with Crippen molar-refractivity contribution in [1.82, 2.24) is 14.5 Å². The number of methoxy groups -OCH3 is 1. The van der Waals surface area contributed by atoms with Gasteiger partial charge >= 0.3 is 0 Å². The molecule has 0 fully saturated rings. The van der Waals surface area contributed by atoms with Crippen molar-refractivity contribution in [2.45, 2.75) is 32.4 Å². The third-order valence-corrected chi connectivity index (χ3v) is 6.70. The van der Waals surface area contributed by atoms with Crippen molar-refractivity contribution in [2.75, 3.05) is 13.7 Å². The number of imidazole rings is 1. The van der Waals surface area contributed by atoms with E-state index in [9.17, 15) is 0 Å². The van der Waals surface area contributed by atoms with Crippen LogP contribution in [0.25, 0.3) is 22.6 Å². The van der Waals surface area contributed by atoms with Crippen molar-refractivity contribution in [3.63, 3.8) is 0 Å². The molecule has 0 amide bonds. The average molecular weight is 460 g/mol. The Balaban J connectivity index is 1.96. The van der Waals surface area contributed by atoms with Gasteiger partial charge in [-0.3, -0.25) is 9.55 Å². The van der Waals surface area contributed by atoms with Gasteiger partial charge in [0.1, 0.15) is 22.9 Å². The molecule has 5 nitrogen and oxygen atoms in total. The van der Waals surface area contributed by atoms with Crippen molar-refractivity contribution in [3.8, 4) is 28.4 Å². The van der Waals surface area contributed by atoms with E-state index in [0.717, 1.165) is 45.6 Å². The fourth-order valence-corrected chi connectivity index (χ4v) is 4.20. The summed E-state index contributed by atoms with van der Waals surface area (Å²) in [5.74, 6) is 1.68. The van der Waals surface area contributed by atoms with Gasteiger partial charge in [-0.05, 0) is 58.4 Å². The molecule has 0 saturated heterocycles. The van der Waals surface area contributed by atoms with Gasteiger partial charge in [-0.25, -0.2) is 4.98 Å². The van der Waals surface area contributed by atoms with Crippen molar-refractivity contribution in [2.24, 2.45) is 0 Å². The Morgan fingerprint density at radius 2 is 1.68 bits per heavy atom. The second-order valence-electron chi connectivity index (χ2n) is 7.82. The fourth-order valence-electron chi connectivity index (χ4n) is 2.83. The maximum Gasteiger partial charge on any atom is 0.143 e. The van der Waals surface area contributed by atoms with E-state index in [1.807, 2.05) is 36.4 Å². The van der Waals surface area contributed by atoms with Gasteiger partial charge < -0.3 is 9.47 Å². The Hall–Kier alpha value is -1.96. The minimum atomic E-state index is -1.14. The van der Waals surface area contributed by atoms with Gasteiger partial charge in [0, 0.05) is 38.2 Å². The van der Waals surface area contributed by atoms with Crippen molar-refractivity contribution >= 4 is 24.0 Å². The fraction of sp³-hybridized carbons (Fsp3) is 0.333. The highest BCUT2D eigenvalue weighted by molar-refractivity contribution is 9.10. The second kappa shape index (κ2) is 9.02. The lowest BCUT2D eigenvalue weighted by atomic mass is 10.2. The molecular formula is C21H26BrN3O2Si. The largest absolute Gasteiger partial charge is 0.497 e. The van der Waals surface area contributed by atoms with E-state index in [0.29, 0.717) is 6.73 Å². The summed E-state index contributed by atoms with van der Waals surface area (Å²) in [4.78, 5) is 8.92. The SMILES string of the molecule is COc1ccc(-c2nc(Br)c(-c3ccncc3)n2COCC[Si](C)(C)C)cc1. The predicted molar refractivity (Wildman–Crippen MR) is 119 cm³/mol. The minimum Gasteiger partial charge on any atom is -0.497 e. The highest BCUT2D eigenvalue weighted by Gasteiger charge is 2.19. The highest BCUT2D eigenvalue weighted by atomic mass is 79.9. The van der Waals surface area contributed by atoms with Gasteiger partial charge in [0.2, 0.25) is 0 Å². The van der Waals surface area contributed by atoms with Gasteiger partial charge in [-0.2, -0.15) is 0 Å². The molecule has 0 N–H and O–H groups in total. The number of pyridine rings is 1. The quantitative estimate of drug-likeness (QED) is 0.320. The molecule has 0 unspecified atom stereocenters. The van der Waals surface area contributed by atoms with E-state index in [-0.39, 0.29) is 0 Å². The third kappa shape index (κ3) is 5.10. The first-order chi connectivity index (χ1) is 13.4. The molecule has 0 bridgehead atoms. The van der Waals surface area contributed by atoms with Gasteiger partial charge in [0.15, 0.2) is 0 Å². The number of rotatable bonds is 8. The third-order valence-electron chi connectivity index (χ3n) is 4.44. The molecule has 2 aromatic heterocycles. The zero-order valence-electron chi connectivity index (χ0n) is 16.8. The Morgan fingerprint density at radius 3 is 2.29 bits per heavy atom. The molecule has 0 spiro atoms. The topological polar surface area (TPSA) is 49.2 Å². The Kier molecular flexibility index (Phi) is 6.69. The minimum absolute atomic E-state index is 0.447. The summed E-state index contributed by atoms with van der Waals surface area (Å²) < 4.78 is 14.3. The molecule has 0 aliphatic rings. The molecule has 3 rings (SSSR count). The first-order valence-corrected chi connectivity index (χ1v) is 13.8. The van der Waals surface area contributed by atoms with E-state index < -0.39 is 8.07 Å². The number of nitrogens with zero attached hydrogens (tertiary/aromatic N) is 3. The first-order valence-electron chi connectivity index (χ1n) is 9.27. The average Bonchev–Trinajstić information content (AvgIpc) is 3.01. The molecule has 0 radical (unpaired) electrons.